The molecule has 1 saturated heterocycles. The maximum atomic E-state index is 11.1. The van der Waals surface area contributed by atoms with E-state index in [1.54, 1.807) is 0 Å². The predicted octanol–water partition coefficient (Wildman–Crippen LogP) is -0.365. The fourth-order valence-electron chi connectivity index (χ4n) is 1.44. The van der Waals surface area contributed by atoms with Gasteiger partial charge in [-0.1, -0.05) is 0 Å². The molecule has 0 spiro atoms. The van der Waals surface area contributed by atoms with Crippen LogP contribution in [0.25, 0.3) is 0 Å². The van der Waals surface area contributed by atoms with Gasteiger partial charge in [0.1, 0.15) is 12.5 Å². The first kappa shape index (κ1) is 15.6. The number of nitrogens with one attached hydrogen (secondary N) is 1. The minimum Gasteiger partial charge on any atom is -0.375 e. The fraction of sp³-hybridized carbons (Fsp3) is 0.778. The molecule has 0 aliphatic carbocycles. The number of rotatable bonds is 7. The van der Waals surface area contributed by atoms with Crippen molar-refractivity contribution in [1.82, 2.24) is 5.32 Å². The first-order chi connectivity index (χ1) is 8.43. The third-order valence-electron chi connectivity index (χ3n) is 2.34. The second-order valence-corrected chi connectivity index (χ2v) is 5.35. The van der Waals surface area contributed by atoms with Crippen LogP contribution < -0.4 is 11.1 Å². The van der Waals surface area contributed by atoms with E-state index in [9.17, 15) is 4.57 Å². The monoisotopic (exact) mass is 282 g/mol. The highest BCUT2D eigenvalue weighted by Crippen LogP contribution is 2.42. The lowest BCUT2D eigenvalue weighted by atomic mass is 10.2. The molecule has 0 radical (unpaired) electrons. The van der Waals surface area contributed by atoms with Crippen molar-refractivity contribution in [3.8, 4) is 0 Å². The Morgan fingerprint density at radius 3 is 3.00 bits per heavy atom. The van der Waals surface area contributed by atoms with E-state index in [0.29, 0.717) is 6.42 Å². The lowest BCUT2D eigenvalue weighted by Crippen LogP contribution is -2.26. The summed E-state index contributed by atoms with van der Waals surface area (Å²) in [5.41, 5.74) is 5.11. The van der Waals surface area contributed by atoms with Gasteiger partial charge in [-0.15, -0.1) is 0 Å². The van der Waals surface area contributed by atoms with Crippen molar-refractivity contribution in [1.29, 1.82) is 0 Å². The Hall–Kier alpha value is -0.470. The number of hydrogen-bond acceptors (Lipinski definition) is 7. The van der Waals surface area contributed by atoms with Crippen molar-refractivity contribution in [3.05, 3.63) is 12.3 Å². The Kier molecular flexibility index (Phi) is 6.24. The maximum Gasteiger partial charge on any atom is 0.472 e. The van der Waals surface area contributed by atoms with Gasteiger partial charge in [0.05, 0.1) is 12.7 Å². The molecule has 0 aromatic carbocycles. The number of nitrogens with two attached hydrogens (primary N) is 1. The average molecular weight is 282 g/mol. The van der Waals surface area contributed by atoms with Crippen molar-refractivity contribution in [2.75, 3.05) is 13.7 Å². The summed E-state index contributed by atoms with van der Waals surface area (Å²) in [5.74, 6) is 0. The normalized spacial score (nSPS) is 29.3. The van der Waals surface area contributed by atoms with Crippen LogP contribution in [0.1, 0.15) is 12.8 Å². The average Bonchev–Trinajstić information content (AvgIpc) is 2.74. The summed E-state index contributed by atoms with van der Waals surface area (Å²) in [6, 6.07) is 0. The highest BCUT2D eigenvalue weighted by Gasteiger charge is 2.28. The molecule has 9 heteroatoms. The molecule has 1 aliphatic rings. The van der Waals surface area contributed by atoms with Gasteiger partial charge < -0.3 is 25.8 Å². The molecule has 18 heavy (non-hydrogen) atoms. The number of ether oxygens (including phenoxy) is 1. The van der Waals surface area contributed by atoms with Gasteiger partial charge in [-0.25, -0.2) is 4.57 Å². The molecule has 0 aromatic rings. The van der Waals surface area contributed by atoms with Gasteiger partial charge in [0.2, 0.25) is 0 Å². The Morgan fingerprint density at radius 1 is 1.67 bits per heavy atom. The molecule has 8 nitrogen and oxygen atoms in total. The number of hydrogen-bond donors (Lipinski definition) is 4. The Labute approximate surface area is 105 Å². The summed E-state index contributed by atoms with van der Waals surface area (Å²) in [6.45, 7) is -0.0109. The number of aliphatic hydroxyl groups is 1. The van der Waals surface area contributed by atoms with Crippen molar-refractivity contribution < 1.29 is 28.3 Å². The van der Waals surface area contributed by atoms with Gasteiger partial charge in [-0.3, -0.25) is 9.05 Å². The maximum absolute atomic E-state index is 11.1. The summed E-state index contributed by atoms with van der Waals surface area (Å²) in [6.07, 6.45) is 2.79. The summed E-state index contributed by atoms with van der Waals surface area (Å²) in [7, 11) is -2.84. The third kappa shape index (κ3) is 5.92. The minimum atomic E-state index is -3.94. The molecule has 0 bridgehead atoms. The predicted molar refractivity (Wildman–Crippen MR) is 63.2 cm³/mol. The zero-order chi connectivity index (χ0) is 13.6. The van der Waals surface area contributed by atoms with Crippen LogP contribution in [0.4, 0.5) is 0 Å². The van der Waals surface area contributed by atoms with E-state index in [1.807, 2.05) is 0 Å². The van der Waals surface area contributed by atoms with Gasteiger partial charge in [0.15, 0.2) is 0 Å². The molecule has 5 N–H and O–H groups in total. The van der Waals surface area contributed by atoms with Crippen molar-refractivity contribution in [3.63, 3.8) is 0 Å². The van der Waals surface area contributed by atoms with E-state index in [2.05, 4.69) is 9.84 Å². The zero-order valence-corrected chi connectivity index (χ0v) is 11.0. The molecule has 1 rings (SSSR count). The van der Waals surface area contributed by atoms with Gasteiger partial charge in [0.25, 0.3) is 0 Å². The largest absolute Gasteiger partial charge is 0.472 e. The quantitative estimate of drug-likeness (QED) is 0.368. The van der Waals surface area contributed by atoms with E-state index < -0.39 is 14.1 Å². The molecule has 0 amide bonds. The Morgan fingerprint density at radius 2 is 2.39 bits per heavy atom. The molecule has 0 saturated carbocycles. The van der Waals surface area contributed by atoms with Crippen LogP contribution in [-0.2, 0) is 18.3 Å². The molecule has 4 atom stereocenters. The molecular weight excluding hydrogens is 263 g/mol. The molecule has 2 unspecified atom stereocenters. The summed E-state index contributed by atoms with van der Waals surface area (Å²) in [5, 5.41) is 11.7. The summed E-state index contributed by atoms with van der Waals surface area (Å²) in [4.78, 5) is 9.04. The number of phosphoric ester groups is 1. The Balaban J connectivity index is 2.23. The second-order valence-electron chi connectivity index (χ2n) is 3.79. The van der Waals surface area contributed by atoms with E-state index in [-0.39, 0.29) is 18.9 Å². The van der Waals surface area contributed by atoms with Crippen molar-refractivity contribution in [2.45, 2.75) is 31.4 Å². The van der Waals surface area contributed by atoms with Crippen LogP contribution in [0.3, 0.4) is 0 Å². The topological polar surface area (TPSA) is 123 Å². The van der Waals surface area contributed by atoms with E-state index >= 15 is 0 Å². The first-order valence-corrected chi connectivity index (χ1v) is 6.97. The standard InChI is InChI=1S/C9H19N2O6P/c1-15-18(13,14)16-6-7-2-3-9(17-7)11-5-4-8(10)12/h4-5,7-9,11-12H,2-3,6,10H2,1H3,(H,13,14)/b5-4-/t7-,8?,9+/m0/s1. The van der Waals surface area contributed by atoms with E-state index in [4.69, 9.17) is 25.0 Å². The van der Waals surface area contributed by atoms with Gasteiger partial charge >= 0.3 is 7.82 Å². The molecule has 1 aliphatic heterocycles. The summed E-state index contributed by atoms with van der Waals surface area (Å²) >= 11 is 0. The highest BCUT2D eigenvalue weighted by molar-refractivity contribution is 7.47. The molecular formula is C9H19N2O6P. The second kappa shape index (κ2) is 7.20. The molecule has 106 valence electrons. The SMILES string of the molecule is COP(=O)(O)OC[C@@H]1CC[C@H](N/C=C\C(N)O)O1. The highest BCUT2D eigenvalue weighted by atomic mass is 31.2. The number of aliphatic hydroxyl groups excluding tert-OH is 1. The third-order valence-corrected chi connectivity index (χ3v) is 3.27. The minimum absolute atomic E-state index is 0.0109. The fourth-order valence-corrected chi connectivity index (χ4v) is 1.90. The van der Waals surface area contributed by atoms with Crippen LogP contribution in [0.5, 0.6) is 0 Å². The Bertz CT molecular complexity index is 324. The van der Waals surface area contributed by atoms with Crippen LogP contribution >= 0.6 is 7.82 Å². The molecule has 0 aromatic heterocycles. The van der Waals surface area contributed by atoms with E-state index in [1.165, 1.54) is 12.3 Å². The van der Waals surface area contributed by atoms with Gasteiger partial charge in [-0.05, 0) is 25.1 Å². The van der Waals surface area contributed by atoms with Crippen LogP contribution in [-0.4, -0.2) is 42.3 Å². The lowest BCUT2D eigenvalue weighted by molar-refractivity contribution is 0.00129. The number of phosphoric acid groups is 1. The summed E-state index contributed by atoms with van der Waals surface area (Å²) < 4.78 is 25.5. The lowest BCUT2D eigenvalue weighted by Gasteiger charge is -2.15. The molecule has 1 heterocycles. The smallest absolute Gasteiger partial charge is 0.375 e. The van der Waals surface area contributed by atoms with Gasteiger partial charge in [0, 0.05) is 7.11 Å². The van der Waals surface area contributed by atoms with Crippen LogP contribution in [0.15, 0.2) is 12.3 Å². The van der Waals surface area contributed by atoms with E-state index in [0.717, 1.165) is 13.5 Å². The van der Waals surface area contributed by atoms with Crippen molar-refractivity contribution >= 4 is 7.82 Å². The van der Waals surface area contributed by atoms with Crippen LogP contribution in [0.2, 0.25) is 0 Å². The van der Waals surface area contributed by atoms with Crippen molar-refractivity contribution in [2.24, 2.45) is 5.73 Å². The van der Waals surface area contributed by atoms with Crippen LogP contribution in [0, 0.1) is 0 Å². The zero-order valence-electron chi connectivity index (χ0n) is 10.1. The molecule has 1 fully saturated rings. The van der Waals surface area contributed by atoms with Gasteiger partial charge in [-0.2, -0.15) is 0 Å². The first-order valence-electron chi connectivity index (χ1n) is 5.48.